The Kier molecular flexibility index (Phi) is 3.36. The molecule has 6 heteroatoms. The highest BCUT2D eigenvalue weighted by molar-refractivity contribution is 6.20. The first-order chi connectivity index (χ1) is 12.1. The highest BCUT2D eigenvalue weighted by atomic mass is 16.7. The maximum Gasteiger partial charge on any atom is 0.336 e. The second-order valence-electron chi connectivity index (χ2n) is 6.05. The minimum absolute atomic E-state index is 0.0593. The molecule has 0 N–H and O–H groups in total. The van der Waals surface area contributed by atoms with Crippen LogP contribution < -0.4 is 0 Å². The van der Waals surface area contributed by atoms with Gasteiger partial charge >= 0.3 is 5.97 Å². The van der Waals surface area contributed by atoms with E-state index in [0.717, 1.165) is 5.56 Å². The lowest BCUT2D eigenvalue weighted by atomic mass is 10.1. The Morgan fingerprint density at radius 1 is 1.08 bits per heavy atom. The predicted molar refractivity (Wildman–Crippen MR) is 85.0 cm³/mol. The molecule has 1 aliphatic heterocycles. The number of benzene rings is 2. The molecule has 2 aliphatic rings. The van der Waals surface area contributed by atoms with Gasteiger partial charge in [0.15, 0.2) is 0 Å². The van der Waals surface area contributed by atoms with E-state index < -0.39 is 23.7 Å². The summed E-state index contributed by atoms with van der Waals surface area (Å²) in [6.07, 6.45) is 0.566. The Hall–Kier alpha value is -3.46. The van der Waals surface area contributed by atoms with Crippen LogP contribution in [0.3, 0.4) is 0 Å². The van der Waals surface area contributed by atoms with Crippen molar-refractivity contribution in [3.05, 3.63) is 70.8 Å². The lowest BCUT2D eigenvalue weighted by Gasteiger charge is -2.12. The van der Waals surface area contributed by atoms with Crippen LogP contribution in [-0.4, -0.2) is 22.8 Å². The number of hydrogen-bond acceptors (Lipinski definition) is 5. The van der Waals surface area contributed by atoms with Crippen LogP contribution in [-0.2, 0) is 9.63 Å². The molecule has 0 bridgehead atoms. The maximum atomic E-state index is 12.3. The number of nitrogens with zero attached hydrogens (tertiary/aromatic N) is 2. The van der Waals surface area contributed by atoms with E-state index in [0.29, 0.717) is 17.0 Å². The number of amides is 2. The number of nitriles is 1. The van der Waals surface area contributed by atoms with Crippen molar-refractivity contribution in [2.24, 2.45) is 5.92 Å². The number of carbonyl (C=O) groups excluding carboxylic acids is 3. The molecule has 6 nitrogen and oxygen atoms in total. The molecule has 1 aliphatic carbocycles. The van der Waals surface area contributed by atoms with Gasteiger partial charge in [-0.15, -0.1) is 0 Å². The molecule has 122 valence electrons. The molecule has 2 aromatic rings. The minimum atomic E-state index is -0.627. The van der Waals surface area contributed by atoms with Crippen LogP contribution in [0.15, 0.2) is 48.5 Å². The summed E-state index contributed by atoms with van der Waals surface area (Å²) in [6, 6.07) is 15.4. The molecule has 2 aromatic carbocycles. The van der Waals surface area contributed by atoms with Gasteiger partial charge < -0.3 is 4.84 Å². The molecular formula is C19H12N2O4. The topological polar surface area (TPSA) is 87.5 Å². The van der Waals surface area contributed by atoms with Crippen LogP contribution in [0.5, 0.6) is 0 Å². The fourth-order valence-electron chi connectivity index (χ4n) is 3.07. The van der Waals surface area contributed by atoms with Gasteiger partial charge in [0.25, 0.3) is 11.8 Å². The van der Waals surface area contributed by atoms with Crippen molar-refractivity contribution < 1.29 is 19.2 Å². The molecule has 4 rings (SSSR count). The Morgan fingerprint density at radius 2 is 1.76 bits per heavy atom. The molecule has 0 saturated heterocycles. The van der Waals surface area contributed by atoms with E-state index in [-0.39, 0.29) is 17.0 Å². The number of rotatable bonds is 3. The number of carbonyl (C=O) groups is 3. The largest absolute Gasteiger partial charge is 0.336 e. The van der Waals surface area contributed by atoms with Crippen LogP contribution in [0.25, 0.3) is 0 Å². The lowest BCUT2D eigenvalue weighted by Crippen LogP contribution is -2.33. The smallest absolute Gasteiger partial charge is 0.329 e. The molecule has 1 saturated carbocycles. The summed E-state index contributed by atoms with van der Waals surface area (Å²) in [5.74, 6) is -2.34. The zero-order valence-electron chi connectivity index (χ0n) is 13.0. The van der Waals surface area contributed by atoms with Gasteiger partial charge in [0, 0.05) is 0 Å². The number of imide groups is 1. The van der Waals surface area contributed by atoms with Crippen molar-refractivity contribution in [2.45, 2.75) is 12.3 Å². The summed E-state index contributed by atoms with van der Waals surface area (Å²) in [5, 5.41) is 9.49. The Balaban J connectivity index is 1.47. The minimum Gasteiger partial charge on any atom is -0.329 e. The molecule has 0 unspecified atom stereocenters. The first kappa shape index (κ1) is 15.1. The summed E-state index contributed by atoms with van der Waals surface area (Å²) in [5.41, 5.74) is 1.86. The van der Waals surface area contributed by atoms with Gasteiger partial charge in [0.1, 0.15) is 0 Å². The predicted octanol–water partition coefficient (Wildman–Crippen LogP) is 2.42. The summed E-state index contributed by atoms with van der Waals surface area (Å²) < 4.78 is 0. The average Bonchev–Trinajstić information content (AvgIpc) is 3.42. The fraction of sp³-hybridized carbons (Fsp3) is 0.158. The SMILES string of the molecule is N#Cc1cccc([C@@H]2C[C@H]2C(=O)ON2C(=O)c3ccccc3C2=O)c1. The molecule has 1 heterocycles. The molecule has 25 heavy (non-hydrogen) atoms. The van der Waals surface area contributed by atoms with Crippen molar-refractivity contribution >= 4 is 17.8 Å². The van der Waals surface area contributed by atoms with E-state index in [1.807, 2.05) is 6.07 Å². The summed E-state index contributed by atoms with van der Waals surface area (Å²) in [4.78, 5) is 41.8. The summed E-state index contributed by atoms with van der Waals surface area (Å²) >= 11 is 0. The van der Waals surface area contributed by atoms with Crippen molar-refractivity contribution in [1.29, 1.82) is 5.26 Å². The van der Waals surface area contributed by atoms with Crippen LogP contribution in [0, 0.1) is 17.2 Å². The summed E-state index contributed by atoms with van der Waals surface area (Å²) in [7, 11) is 0. The molecule has 0 aromatic heterocycles. The second-order valence-corrected chi connectivity index (χ2v) is 6.05. The van der Waals surface area contributed by atoms with Crippen LogP contribution in [0.2, 0.25) is 0 Å². The van der Waals surface area contributed by atoms with Gasteiger partial charge in [-0.05, 0) is 42.2 Å². The molecule has 2 amide bonds. The Labute approximate surface area is 143 Å². The monoisotopic (exact) mass is 332 g/mol. The van der Waals surface area contributed by atoms with Crippen molar-refractivity contribution in [1.82, 2.24) is 5.06 Å². The zero-order chi connectivity index (χ0) is 17.6. The van der Waals surface area contributed by atoms with Gasteiger partial charge in [0.2, 0.25) is 0 Å². The highest BCUT2D eigenvalue weighted by Crippen LogP contribution is 2.48. The molecule has 2 atom stereocenters. The first-order valence-electron chi connectivity index (χ1n) is 7.80. The van der Waals surface area contributed by atoms with E-state index in [1.165, 1.54) is 12.1 Å². The zero-order valence-corrected chi connectivity index (χ0v) is 13.0. The van der Waals surface area contributed by atoms with Crippen molar-refractivity contribution in [2.75, 3.05) is 0 Å². The third-order valence-electron chi connectivity index (χ3n) is 4.48. The third kappa shape index (κ3) is 2.46. The number of hydrogen-bond donors (Lipinski definition) is 0. The Morgan fingerprint density at radius 3 is 2.40 bits per heavy atom. The van der Waals surface area contributed by atoms with E-state index in [1.54, 1.807) is 30.3 Å². The summed E-state index contributed by atoms with van der Waals surface area (Å²) in [6.45, 7) is 0. The molecular weight excluding hydrogens is 320 g/mol. The van der Waals surface area contributed by atoms with Crippen molar-refractivity contribution in [3.8, 4) is 6.07 Å². The fourth-order valence-corrected chi connectivity index (χ4v) is 3.07. The van der Waals surface area contributed by atoms with Gasteiger partial charge in [0.05, 0.1) is 28.7 Å². The van der Waals surface area contributed by atoms with Gasteiger partial charge in [-0.3, -0.25) is 9.59 Å². The lowest BCUT2D eigenvalue weighted by molar-refractivity contribution is -0.170. The quantitative estimate of drug-likeness (QED) is 0.806. The number of fused-ring (bicyclic) bond motifs is 1. The van der Waals surface area contributed by atoms with Crippen LogP contribution in [0.1, 0.15) is 44.2 Å². The first-order valence-corrected chi connectivity index (χ1v) is 7.80. The average molecular weight is 332 g/mol. The van der Waals surface area contributed by atoms with Crippen LogP contribution in [0.4, 0.5) is 0 Å². The van der Waals surface area contributed by atoms with Crippen molar-refractivity contribution in [3.63, 3.8) is 0 Å². The molecule has 1 fully saturated rings. The van der Waals surface area contributed by atoms with Gasteiger partial charge in [-0.1, -0.05) is 29.3 Å². The van der Waals surface area contributed by atoms with E-state index >= 15 is 0 Å². The number of hydroxylamine groups is 2. The molecule has 0 spiro atoms. The van der Waals surface area contributed by atoms with Crippen LogP contribution >= 0.6 is 0 Å². The normalized spacial score (nSPS) is 20.8. The maximum absolute atomic E-state index is 12.3. The standard InChI is InChI=1S/C19H12N2O4/c20-10-11-4-3-5-12(8-11)15-9-16(15)19(24)25-21-17(22)13-6-1-2-7-14(13)18(21)23/h1-8,15-16H,9H2/t15-,16+/m0/s1. The highest BCUT2D eigenvalue weighted by Gasteiger charge is 2.48. The van der Waals surface area contributed by atoms with E-state index in [2.05, 4.69) is 6.07 Å². The second kappa shape index (κ2) is 5.56. The van der Waals surface area contributed by atoms with Gasteiger partial charge in [-0.2, -0.15) is 5.26 Å². The Bertz CT molecular complexity index is 925. The van der Waals surface area contributed by atoms with E-state index in [4.69, 9.17) is 10.1 Å². The molecule has 0 radical (unpaired) electrons. The third-order valence-corrected chi connectivity index (χ3v) is 4.48. The van der Waals surface area contributed by atoms with E-state index in [9.17, 15) is 14.4 Å². The van der Waals surface area contributed by atoms with Gasteiger partial charge in [-0.25, -0.2) is 4.79 Å².